The highest BCUT2D eigenvalue weighted by Crippen LogP contribution is 2.24. The van der Waals surface area contributed by atoms with E-state index in [4.69, 9.17) is 0 Å². The lowest BCUT2D eigenvalue weighted by molar-refractivity contribution is 0.767. The lowest BCUT2D eigenvalue weighted by Crippen LogP contribution is -1.97. The molecule has 0 aliphatic heterocycles. The molecule has 18 heavy (non-hydrogen) atoms. The molecule has 0 saturated carbocycles. The van der Waals surface area contributed by atoms with Crippen molar-refractivity contribution in [1.82, 2.24) is 14.8 Å². The Morgan fingerprint density at radius 1 is 1.39 bits per heavy atom. The minimum atomic E-state index is 0.789. The maximum Gasteiger partial charge on any atom is 0.0907 e. The zero-order valence-electron chi connectivity index (χ0n) is 10.3. The van der Waals surface area contributed by atoms with E-state index < -0.39 is 0 Å². The second kappa shape index (κ2) is 4.42. The molecule has 0 aliphatic rings. The summed E-state index contributed by atoms with van der Waals surface area (Å²) in [5.41, 5.74) is 3.37. The number of rotatable bonds is 3. The van der Waals surface area contributed by atoms with Gasteiger partial charge in [0, 0.05) is 31.0 Å². The SMILES string of the molecule is Cc1nc2ccc(NCc3cnn(C)c3)cc2s1. The highest BCUT2D eigenvalue weighted by molar-refractivity contribution is 7.18. The Hall–Kier alpha value is -1.88. The molecule has 0 unspecified atom stereocenters. The number of nitrogens with one attached hydrogen (secondary N) is 1. The maximum absolute atomic E-state index is 4.45. The number of aromatic nitrogens is 3. The summed E-state index contributed by atoms with van der Waals surface area (Å²) in [5, 5.41) is 8.66. The molecule has 2 heterocycles. The summed E-state index contributed by atoms with van der Waals surface area (Å²) in [5.74, 6) is 0. The molecule has 0 fully saturated rings. The van der Waals surface area contributed by atoms with Gasteiger partial charge in [-0.25, -0.2) is 4.98 Å². The second-order valence-corrected chi connectivity index (χ2v) is 5.53. The number of hydrogen-bond donors (Lipinski definition) is 1. The molecule has 3 aromatic rings. The van der Waals surface area contributed by atoms with Gasteiger partial charge in [-0.1, -0.05) is 0 Å². The van der Waals surface area contributed by atoms with Gasteiger partial charge in [-0.15, -0.1) is 11.3 Å². The highest BCUT2D eigenvalue weighted by Gasteiger charge is 2.02. The van der Waals surface area contributed by atoms with Crippen LogP contribution < -0.4 is 5.32 Å². The van der Waals surface area contributed by atoms with Crippen LogP contribution in [0.5, 0.6) is 0 Å². The Morgan fingerprint density at radius 3 is 3.06 bits per heavy atom. The van der Waals surface area contributed by atoms with E-state index in [1.807, 2.05) is 31.0 Å². The summed E-state index contributed by atoms with van der Waals surface area (Å²) in [6.07, 6.45) is 3.89. The molecule has 0 atom stereocenters. The minimum absolute atomic E-state index is 0.789. The van der Waals surface area contributed by atoms with Crippen LogP contribution in [0.2, 0.25) is 0 Å². The number of anilines is 1. The lowest BCUT2D eigenvalue weighted by atomic mass is 10.3. The van der Waals surface area contributed by atoms with Crippen LogP contribution >= 0.6 is 11.3 Å². The van der Waals surface area contributed by atoms with E-state index >= 15 is 0 Å². The van der Waals surface area contributed by atoms with E-state index in [0.29, 0.717) is 0 Å². The van der Waals surface area contributed by atoms with Crippen molar-refractivity contribution in [2.24, 2.45) is 7.05 Å². The Bertz CT molecular complexity index is 683. The van der Waals surface area contributed by atoms with Crippen LogP contribution in [0.3, 0.4) is 0 Å². The van der Waals surface area contributed by atoms with E-state index in [0.717, 1.165) is 22.8 Å². The molecule has 4 nitrogen and oxygen atoms in total. The molecule has 0 saturated heterocycles. The van der Waals surface area contributed by atoms with Crippen LogP contribution in [0.1, 0.15) is 10.6 Å². The molecule has 0 radical (unpaired) electrons. The van der Waals surface area contributed by atoms with Gasteiger partial charge in [0.2, 0.25) is 0 Å². The third kappa shape index (κ3) is 2.22. The molecular formula is C13H14N4S. The summed E-state index contributed by atoms with van der Waals surface area (Å²) in [7, 11) is 1.93. The first-order valence-corrected chi connectivity index (χ1v) is 6.61. The monoisotopic (exact) mass is 258 g/mol. The van der Waals surface area contributed by atoms with Gasteiger partial charge in [-0.3, -0.25) is 4.68 Å². The van der Waals surface area contributed by atoms with E-state index in [1.165, 1.54) is 10.3 Å². The zero-order chi connectivity index (χ0) is 12.5. The van der Waals surface area contributed by atoms with Gasteiger partial charge in [-0.05, 0) is 25.1 Å². The summed E-state index contributed by atoms with van der Waals surface area (Å²) >= 11 is 1.72. The van der Waals surface area contributed by atoms with Gasteiger partial charge in [0.05, 0.1) is 21.4 Å². The van der Waals surface area contributed by atoms with Crippen molar-refractivity contribution in [3.63, 3.8) is 0 Å². The fourth-order valence-corrected chi connectivity index (χ4v) is 2.78. The summed E-state index contributed by atoms with van der Waals surface area (Å²) in [6.45, 7) is 2.82. The van der Waals surface area contributed by atoms with Gasteiger partial charge >= 0.3 is 0 Å². The van der Waals surface area contributed by atoms with Crippen molar-refractivity contribution in [2.45, 2.75) is 13.5 Å². The first-order valence-electron chi connectivity index (χ1n) is 5.79. The van der Waals surface area contributed by atoms with Crippen molar-refractivity contribution >= 4 is 27.2 Å². The summed E-state index contributed by atoms with van der Waals surface area (Å²) < 4.78 is 3.04. The predicted molar refractivity (Wildman–Crippen MR) is 74.9 cm³/mol. The number of aryl methyl sites for hydroxylation is 2. The molecule has 2 aromatic heterocycles. The average molecular weight is 258 g/mol. The fraction of sp³-hybridized carbons (Fsp3) is 0.231. The molecule has 0 amide bonds. The van der Waals surface area contributed by atoms with Crippen LogP contribution in [-0.4, -0.2) is 14.8 Å². The van der Waals surface area contributed by atoms with Crippen molar-refractivity contribution in [3.05, 3.63) is 41.2 Å². The molecule has 0 bridgehead atoms. The third-order valence-electron chi connectivity index (χ3n) is 2.75. The normalized spacial score (nSPS) is 11.0. The molecule has 1 N–H and O–H groups in total. The van der Waals surface area contributed by atoms with Crippen molar-refractivity contribution in [1.29, 1.82) is 0 Å². The minimum Gasteiger partial charge on any atom is -0.381 e. The van der Waals surface area contributed by atoms with Crippen LogP contribution in [-0.2, 0) is 13.6 Å². The van der Waals surface area contributed by atoms with Crippen molar-refractivity contribution in [2.75, 3.05) is 5.32 Å². The largest absolute Gasteiger partial charge is 0.381 e. The van der Waals surface area contributed by atoms with E-state index in [2.05, 4.69) is 33.6 Å². The number of thiazole rings is 1. The first kappa shape index (κ1) is 11.2. The lowest BCUT2D eigenvalue weighted by Gasteiger charge is -2.04. The van der Waals surface area contributed by atoms with Gasteiger partial charge < -0.3 is 5.32 Å². The van der Waals surface area contributed by atoms with Gasteiger partial charge in [0.25, 0.3) is 0 Å². The topological polar surface area (TPSA) is 42.7 Å². The quantitative estimate of drug-likeness (QED) is 0.785. The van der Waals surface area contributed by atoms with Gasteiger partial charge in [0.15, 0.2) is 0 Å². The third-order valence-corrected chi connectivity index (χ3v) is 3.68. The number of fused-ring (bicyclic) bond motifs is 1. The van der Waals surface area contributed by atoms with Crippen molar-refractivity contribution < 1.29 is 0 Å². The number of nitrogens with zero attached hydrogens (tertiary/aromatic N) is 3. The molecule has 0 aliphatic carbocycles. The van der Waals surface area contributed by atoms with Crippen LogP contribution in [0.4, 0.5) is 5.69 Å². The predicted octanol–water partition coefficient (Wildman–Crippen LogP) is 2.95. The number of hydrogen-bond acceptors (Lipinski definition) is 4. The molecule has 5 heteroatoms. The molecule has 1 aromatic carbocycles. The Labute approximate surface area is 109 Å². The molecular weight excluding hydrogens is 244 g/mol. The van der Waals surface area contributed by atoms with Crippen LogP contribution in [0, 0.1) is 6.92 Å². The van der Waals surface area contributed by atoms with Crippen molar-refractivity contribution in [3.8, 4) is 0 Å². The molecule has 3 rings (SSSR count). The zero-order valence-corrected chi connectivity index (χ0v) is 11.2. The Morgan fingerprint density at radius 2 is 2.28 bits per heavy atom. The molecule has 92 valence electrons. The van der Waals surface area contributed by atoms with Gasteiger partial charge in [0.1, 0.15) is 0 Å². The van der Waals surface area contributed by atoms with Gasteiger partial charge in [-0.2, -0.15) is 5.10 Å². The maximum atomic E-state index is 4.45. The van der Waals surface area contributed by atoms with Crippen LogP contribution in [0.15, 0.2) is 30.6 Å². The smallest absolute Gasteiger partial charge is 0.0907 e. The second-order valence-electron chi connectivity index (χ2n) is 4.29. The first-order chi connectivity index (χ1) is 8.70. The summed E-state index contributed by atoms with van der Waals surface area (Å²) in [4.78, 5) is 4.45. The fourth-order valence-electron chi connectivity index (χ4n) is 1.92. The summed E-state index contributed by atoms with van der Waals surface area (Å²) in [6, 6.07) is 6.28. The highest BCUT2D eigenvalue weighted by atomic mass is 32.1. The van der Waals surface area contributed by atoms with E-state index in [9.17, 15) is 0 Å². The Balaban J connectivity index is 1.78. The van der Waals surface area contributed by atoms with Crippen LogP contribution in [0.25, 0.3) is 10.2 Å². The Kier molecular flexibility index (Phi) is 2.76. The number of benzene rings is 1. The van der Waals surface area contributed by atoms with E-state index in [1.54, 1.807) is 11.3 Å². The van der Waals surface area contributed by atoms with E-state index in [-0.39, 0.29) is 0 Å². The average Bonchev–Trinajstić information content (AvgIpc) is 2.90. The standard InChI is InChI=1S/C13H14N4S/c1-9-16-12-4-3-11(5-13(12)18-9)14-6-10-7-15-17(2)8-10/h3-5,7-8,14H,6H2,1-2H3. The molecule has 0 spiro atoms.